The Bertz CT molecular complexity index is 785. The maximum atomic E-state index is 13.5. The lowest BCUT2D eigenvalue weighted by Gasteiger charge is -2.07. The van der Waals surface area contributed by atoms with Crippen molar-refractivity contribution in [2.24, 2.45) is 0 Å². The van der Waals surface area contributed by atoms with Crippen LogP contribution >= 0.6 is 11.3 Å². The number of rotatable bonds is 3. The molecule has 1 aromatic carbocycles. The zero-order chi connectivity index (χ0) is 14.8. The molecule has 0 saturated carbocycles. The fourth-order valence-electron chi connectivity index (χ4n) is 1.87. The number of pyridine rings is 1. The molecule has 106 valence electrons. The number of aromatic nitrogens is 2. The Hall–Kier alpha value is -2.27. The second-order valence-electron chi connectivity index (χ2n) is 4.64. The molecular formula is C16H13FN2OS. The molecular weight excluding hydrogens is 287 g/mol. The second-order valence-corrected chi connectivity index (χ2v) is 5.70. The minimum atomic E-state index is -0.281. The molecule has 0 saturated heterocycles. The summed E-state index contributed by atoms with van der Waals surface area (Å²) in [5.41, 5.74) is 2.15. The van der Waals surface area contributed by atoms with Crippen LogP contribution in [0.3, 0.4) is 0 Å². The van der Waals surface area contributed by atoms with Crippen LogP contribution in [0.5, 0.6) is 11.5 Å². The molecule has 5 heteroatoms. The van der Waals surface area contributed by atoms with Gasteiger partial charge in [-0.15, -0.1) is 11.3 Å². The van der Waals surface area contributed by atoms with Crippen LogP contribution in [0.25, 0.3) is 11.4 Å². The van der Waals surface area contributed by atoms with Crippen molar-refractivity contribution in [1.29, 1.82) is 0 Å². The summed E-state index contributed by atoms with van der Waals surface area (Å²) >= 11 is 1.57. The minimum absolute atomic E-state index is 0.281. The molecule has 0 radical (unpaired) electrons. The number of aryl methyl sites for hydroxylation is 2. The third-order valence-electron chi connectivity index (χ3n) is 2.99. The lowest BCUT2D eigenvalue weighted by molar-refractivity contribution is 0.475. The van der Waals surface area contributed by atoms with Gasteiger partial charge in [-0.3, -0.25) is 4.98 Å². The smallest absolute Gasteiger partial charge is 0.131 e. The molecule has 3 nitrogen and oxygen atoms in total. The molecule has 2 heterocycles. The molecule has 0 spiro atoms. The van der Waals surface area contributed by atoms with Gasteiger partial charge >= 0.3 is 0 Å². The number of halogens is 1. The molecule has 0 aliphatic carbocycles. The van der Waals surface area contributed by atoms with Crippen molar-refractivity contribution in [1.82, 2.24) is 9.97 Å². The molecule has 0 N–H and O–H groups in total. The van der Waals surface area contributed by atoms with E-state index in [0.29, 0.717) is 17.1 Å². The number of ether oxygens (including phenoxy) is 1. The molecule has 0 fully saturated rings. The van der Waals surface area contributed by atoms with E-state index in [4.69, 9.17) is 4.74 Å². The SMILES string of the molecule is Cc1nc(-c2cc(Oc3ccc(C)c(F)c3)ccn2)cs1. The first-order chi connectivity index (χ1) is 10.1. The summed E-state index contributed by atoms with van der Waals surface area (Å²) < 4.78 is 19.2. The van der Waals surface area contributed by atoms with Crippen molar-refractivity contribution in [3.05, 3.63) is 58.3 Å². The van der Waals surface area contributed by atoms with E-state index >= 15 is 0 Å². The largest absolute Gasteiger partial charge is 0.457 e. The van der Waals surface area contributed by atoms with Gasteiger partial charge in [-0.1, -0.05) is 6.07 Å². The van der Waals surface area contributed by atoms with Crippen molar-refractivity contribution in [3.8, 4) is 22.9 Å². The van der Waals surface area contributed by atoms with Gasteiger partial charge in [0.2, 0.25) is 0 Å². The van der Waals surface area contributed by atoms with E-state index in [-0.39, 0.29) is 5.82 Å². The van der Waals surface area contributed by atoms with Gasteiger partial charge in [-0.05, 0) is 31.5 Å². The van der Waals surface area contributed by atoms with Crippen LogP contribution in [0.2, 0.25) is 0 Å². The van der Waals surface area contributed by atoms with E-state index < -0.39 is 0 Å². The van der Waals surface area contributed by atoms with E-state index in [2.05, 4.69) is 9.97 Å². The summed E-state index contributed by atoms with van der Waals surface area (Å²) in [6.45, 7) is 3.66. The van der Waals surface area contributed by atoms with E-state index in [9.17, 15) is 4.39 Å². The normalized spacial score (nSPS) is 10.6. The van der Waals surface area contributed by atoms with Gasteiger partial charge in [0.25, 0.3) is 0 Å². The maximum Gasteiger partial charge on any atom is 0.131 e. The molecule has 0 aliphatic heterocycles. The van der Waals surface area contributed by atoms with Crippen LogP contribution in [0.15, 0.2) is 41.9 Å². The highest BCUT2D eigenvalue weighted by atomic mass is 32.1. The zero-order valence-corrected chi connectivity index (χ0v) is 12.4. The van der Waals surface area contributed by atoms with Gasteiger partial charge < -0.3 is 4.74 Å². The molecule has 21 heavy (non-hydrogen) atoms. The molecule has 0 amide bonds. The highest BCUT2D eigenvalue weighted by Crippen LogP contribution is 2.27. The average Bonchev–Trinajstić information content (AvgIpc) is 2.90. The minimum Gasteiger partial charge on any atom is -0.457 e. The fourth-order valence-corrected chi connectivity index (χ4v) is 2.48. The van der Waals surface area contributed by atoms with Crippen molar-refractivity contribution < 1.29 is 9.13 Å². The predicted octanol–water partition coefficient (Wildman–Crippen LogP) is 4.75. The van der Waals surface area contributed by atoms with Gasteiger partial charge in [-0.25, -0.2) is 9.37 Å². The Labute approximate surface area is 126 Å². The van der Waals surface area contributed by atoms with Gasteiger partial charge in [0.1, 0.15) is 17.3 Å². The Kier molecular flexibility index (Phi) is 3.66. The first-order valence-electron chi connectivity index (χ1n) is 6.44. The highest BCUT2D eigenvalue weighted by Gasteiger charge is 2.07. The monoisotopic (exact) mass is 300 g/mol. The van der Waals surface area contributed by atoms with Crippen LogP contribution in [0.4, 0.5) is 4.39 Å². The summed E-state index contributed by atoms with van der Waals surface area (Å²) in [4.78, 5) is 8.68. The fraction of sp³-hybridized carbons (Fsp3) is 0.125. The number of hydrogen-bond donors (Lipinski definition) is 0. The Morgan fingerprint density at radius 2 is 1.86 bits per heavy atom. The van der Waals surface area contributed by atoms with Crippen LogP contribution < -0.4 is 4.74 Å². The molecule has 0 bridgehead atoms. The van der Waals surface area contributed by atoms with Crippen molar-refractivity contribution in [2.75, 3.05) is 0 Å². The maximum absolute atomic E-state index is 13.5. The third kappa shape index (κ3) is 3.08. The second kappa shape index (κ2) is 5.61. The van der Waals surface area contributed by atoms with Crippen LogP contribution in [-0.2, 0) is 0 Å². The van der Waals surface area contributed by atoms with E-state index in [1.807, 2.05) is 12.3 Å². The summed E-state index contributed by atoms with van der Waals surface area (Å²) in [7, 11) is 0. The number of thiazole rings is 1. The van der Waals surface area contributed by atoms with Crippen molar-refractivity contribution >= 4 is 11.3 Å². The number of benzene rings is 1. The van der Waals surface area contributed by atoms with Crippen molar-refractivity contribution in [3.63, 3.8) is 0 Å². The Balaban J connectivity index is 1.87. The van der Waals surface area contributed by atoms with Crippen molar-refractivity contribution in [2.45, 2.75) is 13.8 Å². The summed E-state index contributed by atoms with van der Waals surface area (Å²) in [6, 6.07) is 8.34. The molecule has 0 unspecified atom stereocenters. The molecule has 0 atom stereocenters. The molecule has 3 rings (SSSR count). The van der Waals surface area contributed by atoms with Crippen LogP contribution in [0, 0.1) is 19.7 Å². The van der Waals surface area contributed by atoms with Gasteiger partial charge in [0, 0.05) is 23.7 Å². The van der Waals surface area contributed by atoms with E-state index in [1.165, 1.54) is 6.07 Å². The number of nitrogens with zero attached hydrogens (tertiary/aromatic N) is 2. The Morgan fingerprint density at radius 3 is 2.57 bits per heavy atom. The summed E-state index contributed by atoms with van der Waals surface area (Å²) in [5, 5.41) is 2.94. The summed E-state index contributed by atoms with van der Waals surface area (Å²) in [5.74, 6) is 0.788. The number of hydrogen-bond acceptors (Lipinski definition) is 4. The first kappa shape index (κ1) is 13.7. The lowest BCUT2D eigenvalue weighted by atomic mass is 10.2. The summed E-state index contributed by atoms with van der Waals surface area (Å²) in [6.07, 6.45) is 1.66. The average molecular weight is 300 g/mol. The third-order valence-corrected chi connectivity index (χ3v) is 3.77. The van der Waals surface area contributed by atoms with Crippen LogP contribution in [-0.4, -0.2) is 9.97 Å². The zero-order valence-electron chi connectivity index (χ0n) is 11.6. The quantitative estimate of drug-likeness (QED) is 0.700. The van der Waals surface area contributed by atoms with Gasteiger partial charge in [0.05, 0.1) is 16.4 Å². The molecule has 3 aromatic rings. The topological polar surface area (TPSA) is 35.0 Å². The van der Waals surface area contributed by atoms with E-state index in [1.54, 1.807) is 48.7 Å². The Morgan fingerprint density at radius 1 is 1.05 bits per heavy atom. The predicted molar refractivity (Wildman–Crippen MR) is 81.3 cm³/mol. The lowest BCUT2D eigenvalue weighted by Crippen LogP contribution is -1.90. The van der Waals surface area contributed by atoms with Gasteiger partial charge in [-0.2, -0.15) is 0 Å². The molecule has 2 aromatic heterocycles. The van der Waals surface area contributed by atoms with E-state index in [0.717, 1.165) is 16.4 Å². The highest BCUT2D eigenvalue weighted by molar-refractivity contribution is 7.09. The first-order valence-corrected chi connectivity index (χ1v) is 7.32. The van der Waals surface area contributed by atoms with Gasteiger partial charge in [0.15, 0.2) is 0 Å². The molecule has 0 aliphatic rings. The van der Waals surface area contributed by atoms with Crippen LogP contribution in [0.1, 0.15) is 10.6 Å². The standard InChI is InChI=1S/C16H13FN2OS/c1-10-3-4-12(7-14(10)17)20-13-5-6-18-15(8-13)16-9-21-11(2)19-16/h3-9H,1-2H3.